The molecular weight excluding hydrogens is 230 g/mol. The summed E-state index contributed by atoms with van der Waals surface area (Å²) in [5.41, 5.74) is 0. The third-order valence-electron chi connectivity index (χ3n) is 2.61. The molecular formula is C10H21NO2S2. The second kappa shape index (κ2) is 5.06. The smallest absolute Gasteiger partial charge is 0.212 e. The Bertz CT molecular complexity index is 299. The minimum absolute atomic E-state index is 0.101. The van der Waals surface area contributed by atoms with Gasteiger partial charge in [0.1, 0.15) is 0 Å². The molecule has 1 saturated heterocycles. The molecule has 15 heavy (non-hydrogen) atoms. The average molecular weight is 251 g/mol. The first-order valence-corrected chi connectivity index (χ1v) is 8.03. The molecule has 0 aromatic carbocycles. The maximum absolute atomic E-state index is 12.1. The predicted molar refractivity (Wildman–Crippen MR) is 66.8 cm³/mol. The van der Waals surface area contributed by atoms with Gasteiger partial charge in [-0.25, -0.2) is 8.42 Å². The standard InChI is InChI=1S/C10H21NO2S2/c1-8(2)11-6-5-10(15(11,12)13)7-14-9(3)4/h8-10H,5-7H2,1-4H3. The minimum Gasteiger partial charge on any atom is -0.212 e. The summed E-state index contributed by atoms with van der Waals surface area (Å²) >= 11 is 1.74. The quantitative estimate of drug-likeness (QED) is 0.766. The van der Waals surface area contributed by atoms with Gasteiger partial charge in [0.15, 0.2) is 0 Å². The number of hydrogen-bond donors (Lipinski definition) is 0. The molecule has 0 aromatic heterocycles. The topological polar surface area (TPSA) is 37.4 Å². The monoisotopic (exact) mass is 251 g/mol. The van der Waals surface area contributed by atoms with Crippen molar-refractivity contribution in [1.82, 2.24) is 4.31 Å². The third kappa shape index (κ3) is 3.11. The van der Waals surface area contributed by atoms with Crippen LogP contribution in [-0.2, 0) is 10.0 Å². The lowest BCUT2D eigenvalue weighted by Gasteiger charge is -2.20. The highest BCUT2D eigenvalue weighted by Gasteiger charge is 2.39. The van der Waals surface area contributed by atoms with Crippen LogP contribution < -0.4 is 0 Å². The van der Waals surface area contributed by atoms with Crippen molar-refractivity contribution in [2.75, 3.05) is 12.3 Å². The van der Waals surface area contributed by atoms with Crippen LogP contribution in [0.25, 0.3) is 0 Å². The van der Waals surface area contributed by atoms with Crippen LogP contribution in [0.15, 0.2) is 0 Å². The average Bonchev–Trinajstić information content (AvgIpc) is 2.37. The van der Waals surface area contributed by atoms with Gasteiger partial charge in [0.25, 0.3) is 0 Å². The maximum atomic E-state index is 12.1. The molecule has 90 valence electrons. The second-order valence-electron chi connectivity index (χ2n) is 4.54. The molecule has 1 atom stereocenters. The van der Waals surface area contributed by atoms with E-state index in [1.165, 1.54) is 0 Å². The zero-order valence-electron chi connectivity index (χ0n) is 9.93. The van der Waals surface area contributed by atoms with Crippen LogP contribution in [0.5, 0.6) is 0 Å². The number of nitrogens with zero attached hydrogens (tertiary/aromatic N) is 1. The number of rotatable bonds is 4. The molecule has 1 heterocycles. The van der Waals surface area contributed by atoms with Crippen LogP contribution >= 0.6 is 11.8 Å². The SMILES string of the molecule is CC(C)SCC1CCN(C(C)C)S1(=O)=O. The Morgan fingerprint density at radius 3 is 2.33 bits per heavy atom. The van der Waals surface area contributed by atoms with Crippen molar-refractivity contribution in [3.05, 3.63) is 0 Å². The lowest BCUT2D eigenvalue weighted by Crippen LogP contribution is -2.35. The van der Waals surface area contributed by atoms with Crippen LogP contribution in [0.1, 0.15) is 34.1 Å². The van der Waals surface area contributed by atoms with Crippen LogP contribution in [0.2, 0.25) is 0 Å². The fourth-order valence-electron chi connectivity index (χ4n) is 1.76. The van der Waals surface area contributed by atoms with Crippen molar-refractivity contribution in [3.8, 4) is 0 Å². The zero-order chi connectivity index (χ0) is 11.6. The molecule has 0 bridgehead atoms. The summed E-state index contributed by atoms with van der Waals surface area (Å²) < 4.78 is 25.8. The highest BCUT2D eigenvalue weighted by molar-refractivity contribution is 8.01. The Hall–Kier alpha value is 0.260. The van der Waals surface area contributed by atoms with E-state index in [0.717, 1.165) is 12.2 Å². The Labute approximate surface area is 97.7 Å². The van der Waals surface area contributed by atoms with Gasteiger partial charge in [-0.15, -0.1) is 0 Å². The van der Waals surface area contributed by atoms with Crippen LogP contribution in [0.4, 0.5) is 0 Å². The third-order valence-corrected chi connectivity index (χ3v) is 6.59. The molecule has 1 unspecified atom stereocenters. The van der Waals surface area contributed by atoms with Gasteiger partial charge in [-0.2, -0.15) is 16.1 Å². The summed E-state index contributed by atoms with van der Waals surface area (Å²) in [6, 6.07) is 0.101. The maximum Gasteiger partial charge on any atom is 0.218 e. The summed E-state index contributed by atoms with van der Waals surface area (Å²) in [6.07, 6.45) is 0.792. The van der Waals surface area contributed by atoms with Gasteiger partial charge in [0, 0.05) is 18.3 Å². The Morgan fingerprint density at radius 1 is 1.33 bits per heavy atom. The van der Waals surface area contributed by atoms with Crippen molar-refractivity contribution in [3.63, 3.8) is 0 Å². The molecule has 0 aromatic rings. The normalized spacial score (nSPS) is 26.7. The molecule has 1 rings (SSSR count). The molecule has 0 radical (unpaired) electrons. The first-order valence-electron chi connectivity index (χ1n) is 5.48. The van der Waals surface area contributed by atoms with Gasteiger partial charge >= 0.3 is 0 Å². The number of sulfonamides is 1. The van der Waals surface area contributed by atoms with Crippen molar-refractivity contribution in [2.24, 2.45) is 0 Å². The van der Waals surface area contributed by atoms with E-state index in [9.17, 15) is 8.42 Å². The van der Waals surface area contributed by atoms with Crippen molar-refractivity contribution < 1.29 is 8.42 Å². The van der Waals surface area contributed by atoms with Gasteiger partial charge in [-0.05, 0) is 25.5 Å². The van der Waals surface area contributed by atoms with E-state index >= 15 is 0 Å². The number of thioether (sulfide) groups is 1. The molecule has 5 heteroatoms. The fraction of sp³-hybridized carbons (Fsp3) is 1.00. The van der Waals surface area contributed by atoms with Gasteiger partial charge in [0.05, 0.1) is 5.25 Å². The summed E-state index contributed by atoms with van der Waals surface area (Å²) in [6.45, 7) is 8.78. The highest BCUT2D eigenvalue weighted by Crippen LogP contribution is 2.27. The second-order valence-corrected chi connectivity index (χ2v) is 8.32. The van der Waals surface area contributed by atoms with E-state index < -0.39 is 10.0 Å². The first kappa shape index (κ1) is 13.3. The van der Waals surface area contributed by atoms with Crippen molar-refractivity contribution in [2.45, 2.75) is 50.7 Å². The highest BCUT2D eigenvalue weighted by atomic mass is 32.2. The van der Waals surface area contributed by atoms with Crippen molar-refractivity contribution >= 4 is 21.8 Å². The molecule has 3 nitrogen and oxygen atoms in total. The zero-order valence-corrected chi connectivity index (χ0v) is 11.6. The van der Waals surface area contributed by atoms with E-state index in [-0.39, 0.29) is 11.3 Å². The molecule has 0 aliphatic carbocycles. The van der Waals surface area contributed by atoms with Gasteiger partial charge < -0.3 is 0 Å². The Kier molecular flexibility index (Phi) is 4.50. The van der Waals surface area contributed by atoms with Gasteiger partial charge in [-0.3, -0.25) is 0 Å². The molecule has 0 spiro atoms. The lowest BCUT2D eigenvalue weighted by molar-refractivity contribution is 0.381. The van der Waals surface area contributed by atoms with E-state index in [2.05, 4.69) is 13.8 Å². The summed E-state index contributed by atoms with van der Waals surface area (Å²) in [7, 11) is -3.01. The Balaban J connectivity index is 2.64. The molecule has 1 aliphatic heterocycles. The molecule has 1 fully saturated rings. The van der Waals surface area contributed by atoms with Crippen LogP contribution in [0.3, 0.4) is 0 Å². The van der Waals surface area contributed by atoms with Crippen LogP contribution in [0, 0.1) is 0 Å². The van der Waals surface area contributed by atoms with Gasteiger partial charge in [-0.1, -0.05) is 13.8 Å². The van der Waals surface area contributed by atoms with E-state index in [0.29, 0.717) is 11.8 Å². The molecule has 0 saturated carbocycles. The summed E-state index contributed by atoms with van der Waals surface area (Å²) in [5, 5.41) is 0.348. The summed E-state index contributed by atoms with van der Waals surface area (Å²) in [4.78, 5) is 0. The first-order chi connectivity index (χ1) is 6.85. The van der Waals surface area contributed by atoms with E-state index in [1.807, 2.05) is 13.8 Å². The van der Waals surface area contributed by atoms with Gasteiger partial charge in [0.2, 0.25) is 10.0 Å². The van der Waals surface area contributed by atoms with E-state index in [4.69, 9.17) is 0 Å². The van der Waals surface area contributed by atoms with E-state index in [1.54, 1.807) is 16.1 Å². The lowest BCUT2D eigenvalue weighted by atomic mass is 10.3. The molecule has 1 aliphatic rings. The Morgan fingerprint density at radius 2 is 1.93 bits per heavy atom. The largest absolute Gasteiger partial charge is 0.218 e. The fourth-order valence-corrected chi connectivity index (χ4v) is 5.18. The predicted octanol–water partition coefficient (Wildman–Crippen LogP) is 1.94. The van der Waals surface area contributed by atoms with Crippen molar-refractivity contribution in [1.29, 1.82) is 0 Å². The molecule has 0 N–H and O–H groups in total. The summed E-state index contributed by atoms with van der Waals surface area (Å²) in [5.74, 6) is 0.739. The molecule has 0 amide bonds. The number of hydrogen-bond acceptors (Lipinski definition) is 3. The minimum atomic E-state index is -3.01. The van der Waals surface area contributed by atoms with Crippen LogP contribution in [-0.4, -0.2) is 41.6 Å².